The molecule has 1 aromatic heterocycles. The molecule has 2 N–H and O–H groups in total. The fraction of sp³-hybridized carbons (Fsp3) is 0.231. The van der Waals surface area contributed by atoms with E-state index in [2.05, 4.69) is 4.98 Å². The second-order valence-corrected chi connectivity index (χ2v) is 4.29. The van der Waals surface area contributed by atoms with Crippen LogP contribution in [0.3, 0.4) is 0 Å². The standard InChI is InChI=1S/C13H14N4O4/c14-11-4-1-2-5-12(11)21-7-3-6-16-9-10(17(19)20)8-15-13(16)18/h1-2,4-5,8-9H,3,6-7,14H2. The van der Waals surface area contributed by atoms with Gasteiger partial charge in [-0.2, -0.15) is 4.98 Å². The van der Waals surface area contributed by atoms with Gasteiger partial charge in [0, 0.05) is 6.54 Å². The van der Waals surface area contributed by atoms with E-state index < -0.39 is 10.6 Å². The Bertz CT molecular complexity index is 699. The molecular formula is C13H14N4O4. The first-order chi connectivity index (χ1) is 10.1. The molecule has 8 heteroatoms. The maximum absolute atomic E-state index is 11.5. The summed E-state index contributed by atoms with van der Waals surface area (Å²) in [5.74, 6) is 0.571. The lowest BCUT2D eigenvalue weighted by molar-refractivity contribution is -0.385. The Morgan fingerprint density at radius 3 is 2.86 bits per heavy atom. The van der Waals surface area contributed by atoms with E-state index in [1.807, 2.05) is 0 Å². The van der Waals surface area contributed by atoms with E-state index in [9.17, 15) is 14.9 Å². The summed E-state index contributed by atoms with van der Waals surface area (Å²) in [5.41, 5.74) is 5.51. The predicted octanol–water partition coefficient (Wildman–Crippen LogP) is 1.20. The van der Waals surface area contributed by atoms with Gasteiger partial charge in [0.15, 0.2) is 0 Å². The highest BCUT2D eigenvalue weighted by atomic mass is 16.6. The van der Waals surface area contributed by atoms with E-state index in [4.69, 9.17) is 10.5 Å². The molecule has 0 fully saturated rings. The summed E-state index contributed by atoms with van der Waals surface area (Å²) in [6.07, 6.45) is 2.61. The van der Waals surface area contributed by atoms with Crippen molar-refractivity contribution >= 4 is 11.4 Å². The molecule has 8 nitrogen and oxygen atoms in total. The number of aromatic nitrogens is 2. The summed E-state index contributed by atoms with van der Waals surface area (Å²) in [5, 5.41) is 10.6. The third-order valence-corrected chi connectivity index (χ3v) is 2.77. The highest BCUT2D eigenvalue weighted by Gasteiger charge is 2.08. The van der Waals surface area contributed by atoms with Gasteiger partial charge in [-0.05, 0) is 18.6 Å². The zero-order valence-electron chi connectivity index (χ0n) is 11.1. The molecule has 1 aromatic carbocycles. The molecular weight excluding hydrogens is 276 g/mol. The van der Waals surface area contributed by atoms with Crippen LogP contribution >= 0.6 is 0 Å². The van der Waals surface area contributed by atoms with Crippen LogP contribution in [-0.4, -0.2) is 21.1 Å². The second kappa shape index (κ2) is 6.51. The number of ether oxygens (including phenoxy) is 1. The van der Waals surface area contributed by atoms with Gasteiger partial charge in [0.2, 0.25) is 0 Å². The average molecular weight is 290 g/mol. The largest absolute Gasteiger partial charge is 0.491 e. The molecule has 0 saturated carbocycles. The number of rotatable bonds is 6. The van der Waals surface area contributed by atoms with Crippen molar-refractivity contribution < 1.29 is 9.66 Å². The second-order valence-electron chi connectivity index (χ2n) is 4.29. The number of anilines is 1. The van der Waals surface area contributed by atoms with Gasteiger partial charge in [-0.1, -0.05) is 12.1 Å². The molecule has 1 heterocycles. The zero-order valence-corrected chi connectivity index (χ0v) is 11.1. The van der Waals surface area contributed by atoms with Gasteiger partial charge in [-0.15, -0.1) is 0 Å². The zero-order chi connectivity index (χ0) is 15.2. The molecule has 0 radical (unpaired) electrons. The summed E-state index contributed by atoms with van der Waals surface area (Å²) in [7, 11) is 0. The summed E-state index contributed by atoms with van der Waals surface area (Å²) in [4.78, 5) is 25.0. The Balaban J connectivity index is 1.92. The lowest BCUT2D eigenvalue weighted by atomic mass is 10.3. The van der Waals surface area contributed by atoms with Crippen molar-refractivity contribution in [2.75, 3.05) is 12.3 Å². The smallest absolute Gasteiger partial charge is 0.347 e. The molecule has 110 valence electrons. The summed E-state index contributed by atoms with van der Waals surface area (Å²) >= 11 is 0. The maximum Gasteiger partial charge on any atom is 0.347 e. The van der Waals surface area contributed by atoms with Gasteiger partial charge in [-0.3, -0.25) is 14.7 Å². The van der Waals surface area contributed by atoms with Crippen molar-refractivity contribution in [3.05, 3.63) is 57.3 Å². The minimum absolute atomic E-state index is 0.220. The molecule has 0 bridgehead atoms. The number of para-hydroxylation sites is 2. The van der Waals surface area contributed by atoms with Crippen molar-refractivity contribution in [2.45, 2.75) is 13.0 Å². The van der Waals surface area contributed by atoms with Crippen LogP contribution in [-0.2, 0) is 6.54 Å². The minimum atomic E-state index is -0.593. The summed E-state index contributed by atoms with van der Waals surface area (Å²) < 4.78 is 6.67. The van der Waals surface area contributed by atoms with Gasteiger partial charge >= 0.3 is 11.4 Å². The van der Waals surface area contributed by atoms with Gasteiger partial charge in [0.25, 0.3) is 0 Å². The third kappa shape index (κ3) is 3.78. The van der Waals surface area contributed by atoms with Crippen LogP contribution in [0.4, 0.5) is 11.4 Å². The molecule has 0 amide bonds. The van der Waals surface area contributed by atoms with E-state index in [0.29, 0.717) is 24.5 Å². The fourth-order valence-electron chi connectivity index (χ4n) is 1.73. The fourth-order valence-corrected chi connectivity index (χ4v) is 1.73. The van der Waals surface area contributed by atoms with Gasteiger partial charge < -0.3 is 10.5 Å². The maximum atomic E-state index is 11.5. The molecule has 0 unspecified atom stereocenters. The van der Waals surface area contributed by atoms with E-state index in [1.54, 1.807) is 24.3 Å². The quantitative estimate of drug-likeness (QED) is 0.370. The monoisotopic (exact) mass is 290 g/mol. The number of hydrogen-bond donors (Lipinski definition) is 1. The molecule has 0 saturated heterocycles. The van der Waals surface area contributed by atoms with E-state index >= 15 is 0 Å². The van der Waals surface area contributed by atoms with Crippen LogP contribution in [0.25, 0.3) is 0 Å². The first-order valence-electron chi connectivity index (χ1n) is 6.26. The van der Waals surface area contributed by atoms with Gasteiger partial charge in [-0.25, -0.2) is 4.79 Å². The highest BCUT2D eigenvalue weighted by molar-refractivity contribution is 5.51. The number of aryl methyl sites for hydroxylation is 1. The lowest BCUT2D eigenvalue weighted by Gasteiger charge is -2.09. The third-order valence-electron chi connectivity index (χ3n) is 2.77. The van der Waals surface area contributed by atoms with Gasteiger partial charge in [0.1, 0.15) is 11.9 Å². The number of nitrogens with two attached hydrogens (primary N) is 1. The minimum Gasteiger partial charge on any atom is -0.491 e. The van der Waals surface area contributed by atoms with E-state index in [0.717, 1.165) is 6.20 Å². The van der Waals surface area contributed by atoms with Crippen molar-refractivity contribution in [1.29, 1.82) is 0 Å². The topological polar surface area (TPSA) is 113 Å². The van der Waals surface area contributed by atoms with E-state index in [-0.39, 0.29) is 12.2 Å². The number of benzene rings is 1. The summed E-state index contributed by atoms with van der Waals surface area (Å²) in [6, 6.07) is 7.08. The molecule has 2 aromatic rings. The van der Waals surface area contributed by atoms with Crippen molar-refractivity contribution in [3.8, 4) is 5.75 Å². The first-order valence-corrected chi connectivity index (χ1v) is 6.26. The first kappa shape index (κ1) is 14.5. The van der Waals surface area contributed by atoms with Crippen molar-refractivity contribution in [2.24, 2.45) is 0 Å². The molecule has 0 spiro atoms. The Kier molecular flexibility index (Phi) is 4.50. The Morgan fingerprint density at radius 2 is 2.14 bits per heavy atom. The van der Waals surface area contributed by atoms with Crippen LogP contribution in [0.15, 0.2) is 41.5 Å². The average Bonchev–Trinajstić information content (AvgIpc) is 2.46. The molecule has 0 aliphatic rings. The molecule has 21 heavy (non-hydrogen) atoms. The number of hydrogen-bond acceptors (Lipinski definition) is 6. The Hall–Kier alpha value is -2.90. The van der Waals surface area contributed by atoms with Crippen molar-refractivity contribution in [1.82, 2.24) is 9.55 Å². The van der Waals surface area contributed by atoms with Crippen LogP contribution in [0.2, 0.25) is 0 Å². The number of nitro groups is 1. The predicted molar refractivity (Wildman–Crippen MR) is 76.1 cm³/mol. The molecule has 0 aliphatic carbocycles. The molecule has 0 atom stereocenters. The normalized spacial score (nSPS) is 10.3. The molecule has 2 rings (SSSR count). The molecule has 0 aliphatic heterocycles. The summed E-state index contributed by atoms with van der Waals surface area (Å²) in [6.45, 7) is 0.615. The number of nitrogens with zero attached hydrogens (tertiary/aromatic N) is 3. The lowest BCUT2D eigenvalue weighted by Crippen LogP contribution is -2.23. The highest BCUT2D eigenvalue weighted by Crippen LogP contribution is 2.19. The van der Waals surface area contributed by atoms with Gasteiger partial charge in [0.05, 0.1) is 23.4 Å². The van der Waals surface area contributed by atoms with Crippen molar-refractivity contribution in [3.63, 3.8) is 0 Å². The van der Waals surface area contributed by atoms with Crippen LogP contribution in [0, 0.1) is 10.1 Å². The van der Waals surface area contributed by atoms with Crippen LogP contribution in [0.1, 0.15) is 6.42 Å². The van der Waals surface area contributed by atoms with Crippen LogP contribution in [0.5, 0.6) is 5.75 Å². The Morgan fingerprint density at radius 1 is 1.38 bits per heavy atom. The van der Waals surface area contributed by atoms with E-state index in [1.165, 1.54) is 10.8 Å². The number of nitrogen functional groups attached to an aromatic ring is 1. The van der Waals surface area contributed by atoms with Crippen LogP contribution < -0.4 is 16.2 Å². The Labute approximate surface area is 120 Å². The SMILES string of the molecule is Nc1ccccc1OCCCn1cc([N+](=O)[O-])cnc1=O.